The largest absolute Gasteiger partial charge is 0.378 e. The molecule has 0 aliphatic carbocycles. The van der Waals surface area contributed by atoms with Crippen LogP contribution in [0.1, 0.15) is 33.1 Å². The number of aryl methyl sites for hydroxylation is 2. The Morgan fingerprint density at radius 3 is 2.24 bits per heavy atom. The lowest BCUT2D eigenvalue weighted by Crippen LogP contribution is -2.48. The minimum Gasteiger partial charge on any atom is -0.378 e. The number of carbonyl (C=O) groups is 1. The topological polar surface area (TPSA) is 38.8 Å². The Balaban J connectivity index is 1.75. The summed E-state index contributed by atoms with van der Waals surface area (Å²) < 4.78 is 0. The van der Waals surface area contributed by atoms with E-state index in [0.717, 1.165) is 37.3 Å². The van der Waals surface area contributed by atoms with Gasteiger partial charge in [0.15, 0.2) is 0 Å². The molecule has 3 rings (SSSR count). The molecule has 0 radical (unpaired) electrons. The summed E-state index contributed by atoms with van der Waals surface area (Å²) in [6.07, 6.45) is 0. The second-order valence-electron chi connectivity index (χ2n) is 8.35. The quantitative estimate of drug-likeness (QED) is 0.817. The van der Waals surface area contributed by atoms with Crippen LogP contribution in [-0.4, -0.2) is 69.6 Å². The van der Waals surface area contributed by atoms with Crippen molar-refractivity contribution in [3.63, 3.8) is 0 Å². The lowest BCUT2D eigenvalue weighted by Gasteiger charge is -2.38. The Labute approximate surface area is 175 Å². The van der Waals surface area contributed by atoms with E-state index in [0.29, 0.717) is 6.54 Å². The molecule has 1 heterocycles. The number of anilines is 1. The molecule has 1 amide bonds. The second-order valence-corrected chi connectivity index (χ2v) is 8.35. The smallest absolute Gasteiger partial charge is 0.251 e. The summed E-state index contributed by atoms with van der Waals surface area (Å²) in [5, 5.41) is 3.19. The van der Waals surface area contributed by atoms with E-state index in [9.17, 15) is 4.79 Å². The fraction of sp³-hybridized carbons (Fsp3) is 0.458. The molecule has 5 heteroatoms. The van der Waals surface area contributed by atoms with Gasteiger partial charge in [-0.15, -0.1) is 0 Å². The van der Waals surface area contributed by atoms with E-state index in [1.807, 2.05) is 25.1 Å². The number of hydrogen-bond donors (Lipinski definition) is 1. The first kappa shape index (κ1) is 21.3. The lowest BCUT2D eigenvalue weighted by atomic mass is 10.0. The third kappa shape index (κ3) is 5.37. The van der Waals surface area contributed by atoms with E-state index < -0.39 is 0 Å². The summed E-state index contributed by atoms with van der Waals surface area (Å²) >= 11 is 0. The van der Waals surface area contributed by atoms with Crippen LogP contribution in [0.4, 0.5) is 5.69 Å². The molecule has 29 heavy (non-hydrogen) atoms. The number of piperazine rings is 1. The minimum atomic E-state index is -0.00265. The van der Waals surface area contributed by atoms with Crippen molar-refractivity contribution in [2.24, 2.45) is 0 Å². The fourth-order valence-electron chi connectivity index (χ4n) is 3.76. The number of nitrogens with zero attached hydrogens (tertiary/aromatic N) is 3. The Kier molecular flexibility index (Phi) is 6.93. The zero-order valence-corrected chi connectivity index (χ0v) is 18.4. The summed E-state index contributed by atoms with van der Waals surface area (Å²) in [4.78, 5) is 19.7. The van der Waals surface area contributed by atoms with Crippen molar-refractivity contribution in [2.75, 3.05) is 58.8 Å². The number of likely N-dealkylation sites (N-methyl/N-ethyl adjacent to an activating group) is 1. The van der Waals surface area contributed by atoms with Crippen LogP contribution in [0.25, 0.3) is 0 Å². The predicted molar refractivity (Wildman–Crippen MR) is 121 cm³/mol. The molecule has 5 nitrogen and oxygen atoms in total. The predicted octanol–water partition coefficient (Wildman–Crippen LogP) is 3.09. The summed E-state index contributed by atoms with van der Waals surface area (Å²) in [6, 6.07) is 14.8. The Bertz CT molecular complexity index is 823. The lowest BCUT2D eigenvalue weighted by molar-refractivity contribution is 0.0886. The fourth-order valence-corrected chi connectivity index (χ4v) is 3.76. The van der Waals surface area contributed by atoms with Crippen LogP contribution in [0.2, 0.25) is 0 Å². The van der Waals surface area contributed by atoms with Gasteiger partial charge in [-0.2, -0.15) is 0 Å². The summed E-state index contributed by atoms with van der Waals surface area (Å²) in [5.74, 6) is -0.00265. The summed E-state index contributed by atoms with van der Waals surface area (Å²) in [6.45, 7) is 8.85. The Morgan fingerprint density at radius 2 is 1.66 bits per heavy atom. The first-order valence-electron chi connectivity index (χ1n) is 10.4. The molecule has 0 spiro atoms. The molecular formula is C24H34N4O. The molecule has 1 saturated heterocycles. The van der Waals surface area contributed by atoms with Gasteiger partial charge in [-0.05, 0) is 61.9 Å². The van der Waals surface area contributed by atoms with Crippen molar-refractivity contribution in [3.8, 4) is 0 Å². The van der Waals surface area contributed by atoms with E-state index in [1.165, 1.54) is 16.8 Å². The Morgan fingerprint density at radius 1 is 1.00 bits per heavy atom. The molecule has 1 aliphatic heterocycles. The molecule has 2 aromatic carbocycles. The van der Waals surface area contributed by atoms with Gasteiger partial charge in [-0.3, -0.25) is 9.69 Å². The van der Waals surface area contributed by atoms with Crippen LogP contribution in [0, 0.1) is 13.8 Å². The van der Waals surface area contributed by atoms with Gasteiger partial charge < -0.3 is 15.1 Å². The second kappa shape index (κ2) is 9.42. The SMILES string of the molecule is Cc1ccc(C(=O)NC[C@@H](c2ccc(N(C)C)cc2)N2CCN(C)CC2)cc1C. The van der Waals surface area contributed by atoms with Gasteiger partial charge in [0.1, 0.15) is 0 Å². The van der Waals surface area contributed by atoms with E-state index in [2.05, 4.69) is 72.3 Å². The van der Waals surface area contributed by atoms with Gasteiger partial charge in [0.2, 0.25) is 0 Å². The molecule has 0 unspecified atom stereocenters. The van der Waals surface area contributed by atoms with E-state index in [4.69, 9.17) is 0 Å². The van der Waals surface area contributed by atoms with Crippen molar-refractivity contribution in [3.05, 3.63) is 64.7 Å². The van der Waals surface area contributed by atoms with Crippen molar-refractivity contribution >= 4 is 11.6 Å². The molecule has 0 saturated carbocycles. The highest BCUT2D eigenvalue weighted by atomic mass is 16.1. The number of rotatable bonds is 6. The maximum Gasteiger partial charge on any atom is 0.251 e. The summed E-state index contributed by atoms with van der Waals surface area (Å²) in [7, 11) is 6.27. The number of carbonyl (C=O) groups excluding carboxylic acids is 1. The number of nitrogens with one attached hydrogen (secondary N) is 1. The van der Waals surface area contributed by atoms with E-state index in [-0.39, 0.29) is 11.9 Å². The van der Waals surface area contributed by atoms with Gasteiger partial charge in [0, 0.05) is 58.1 Å². The van der Waals surface area contributed by atoms with Crippen LogP contribution >= 0.6 is 0 Å². The van der Waals surface area contributed by atoms with Gasteiger partial charge in [-0.25, -0.2) is 0 Å². The third-order valence-corrected chi connectivity index (χ3v) is 6.00. The first-order chi connectivity index (χ1) is 13.8. The third-order valence-electron chi connectivity index (χ3n) is 6.00. The molecule has 0 aromatic heterocycles. The maximum absolute atomic E-state index is 12.8. The van der Waals surface area contributed by atoms with Crippen molar-refractivity contribution in [1.29, 1.82) is 0 Å². The zero-order chi connectivity index (χ0) is 21.0. The van der Waals surface area contributed by atoms with Crippen LogP contribution < -0.4 is 10.2 Å². The monoisotopic (exact) mass is 394 g/mol. The highest BCUT2D eigenvalue weighted by molar-refractivity contribution is 5.94. The first-order valence-corrected chi connectivity index (χ1v) is 10.4. The van der Waals surface area contributed by atoms with Crippen LogP contribution in [0.15, 0.2) is 42.5 Å². The molecule has 1 fully saturated rings. The molecule has 0 bridgehead atoms. The summed E-state index contributed by atoms with van der Waals surface area (Å²) in [5.41, 5.74) is 5.52. The highest BCUT2D eigenvalue weighted by Crippen LogP contribution is 2.24. The van der Waals surface area contributed by atoms with Crippen molar-refractivity contribution in [1.82, 2.24) is 15.1 Å². The maximum atomic E-state index is 12.8. The van der Waals surface area contributed by atoms with Gasteiger partial charge in [0.25, 0.3) is 5.91 Å². The van der Waals surface area contributed by atoms with Crippen LogP contribution in [0.3, 0.4) is 0 Å². The minimum absolute atomic E-state index is 0.00265. The van der Waals surface area contributed by atoms with Crippen LogP contribution in [-0.2, 0) is 0 Å². The van der Waals surface area contributed by atoms with Gasteiger partial charge in [-0.1, -0.05) is 18.2 Å². The number of hydrogen-bond acceptors (Lipinski definition) is 4. The molecule has 156 valence electrons. The number of benzene rings is 2. The van der Waals surface area contributed by atoms with Crippen molar-refractivity contribution in [2.45, 2.75) is 19.9 Å². The van der Waals surface area contributed by atoms with Gasteiger partial charge >= 0.3 is 0 Å². The average molecular weight is 395 g/mol. The highest BCUT2D eigenvalue weighted by Gasteiger charge is 2.24. The van der Waals surface area contributed by atoms with E-state index >= 15 is 0 Å². The van der Waals surface area contributed by atoms with E-state index in [1.54, 1.807) is 0 Å². The molecular weight excluding hydrogens is 360 g/mol. The standard InChI is InChI=1S/C24H34N4O/c1-18-6-7-21(16-19(18)2)24(29)25-17-23(28-14-12-27(5)13-15-28)20-8-10-22(11-9-20)26(3)4/h6-11,16,23H,12-15,17H2,1-5H3,(H,25,29)/t23-/m0/s1. The number of amides is 1. The normalized spacial score (nSPS) is 16.4. The molecule has 1 aliphatic rings. The van der Waals surface area contributed by atoms with Crippen LogP contribution in [0.5, 0.6) is 0 Å². The zero-order valence-electron chi connectivity index (χ0n) is 18.4. The Hall–Kier alpha value is -2.37. The molecule has 1 N–H and O–H groups in total. The van der Waals surface area contributed by atoms with Crippen molar-refractivity contribution < 1.29 is 4.79 Å². The average Bonchev–Trinajstić information content (AvgIpc) is 2.71. The van der Waals surface area contributed by atoms with Gasteiger partial charge in [0.05, 0.1) is 6.04 Å². The molecule has 2 aromatic rings. The molecule has 1 atom stereocenters.